The molecule has 13 heavy (non-hydrogen) atoms. The highest BCUT2D eigenvalue weighted by molar-refractivity contribution is 6.00. The number of guanidine groups is 1. The first kappa shape index (κ1) is 9.48. The van der Waals surface area contributed by atoms with E-state index in [1.165, 1.54) is 6.20 Å². The number of nitrogens with zero attached hydrogens (tertiary/aromatic N) is 2. The number of hydrogen-bond acceptors (Lipinski definition) is 4. The Labute approximate surface area is 76.6 Å². The third-order valence-electron chi connectivity index (χ3n) is 1.39. The lowest BCUT2D eigenvalue weighted by Gasteiger charge is -2.17. The molecule has 70 valence electrons. The Morgan fingerprint density at radius 1 is 1.62 bits per heavy atom. The molecule has 0 aliphatic carbocycles. The summed E-state index contributed by atoms with van der Waals surface area (Å²) in [5.74, 6) is 2.70. The van der Waals surface area contributed by atoms with Crippen LogP contribution in [0.25, 0.3) is 0 Å². The van der Waals surface area contributed by atoms with Crippen LogP contribution in [0.2, 0.25) is 0 Å². The predicted molar refractivity (Wildman–Crippen MR) is 50.2 cm³/mol. The Bertz CT molecular complexity index is 305. The second-order valence-electron chi connectivity index (χ2n) is 3.67. The van der Waals surface area contributed by atoms with E-state index >= 15 is 0 Å². The average molecular weight is 180 g/mol. The fraction of sp³-hybridized carbons (Fsp3) is 0.500. The minimum Gasteiger partial charge on any atom is -0.323 e. The highest BCUT2D eigenvalue weighted by Crippen LogP contribution is 2.12. The van der Waals surface area contributed by atoms with Gasteiger partial charge in [-0.1, -0.05) is 20.8 Å². The van der Waals surface area contributed by atoms with Crippen molar-refractivity contribution in [1.82, 2.24) is 10.6 Å². The molecule has 0 unspecified atom stereocenters. The zero-order chi connectivity index (χ0) is 9.90. The SMILES string of the molecule is CC(C)(C)C(=O)NC1=NN=C=CN1. The standard InChI is InChI=1S/C8H12N4O/c1-8(2,3)6(13)11-7-9-4-5-10-12-7/h4H,1-3H3,(H2,9,11,12,13). The summed E-state index contributed by atoms with van der Waals surface area (Å²) in [7, 11) is 0. The first-order chi connectivity index (χ1) is 6.00. The molecule has 0 atom stereocenters. The van der Waals surface area contributed by atoms with Crippen LogP contribution in [0.1, 0.15) is 20.8 Å². The molecule has 1 aliphatic heterocycles. The van der Waals surface area contributed by atoms with Gasteiger partial charge in [-0.15, -0.1) is 10.2 Å². The quantitative estimate of drug-likeness (QED) is 0.559. The van der Waals surface area contributed by atoms with Crippen LogP contribution >= 0.6 is 0 Å². The van der Waals surface area contributed by atoms with E-state index in [0.29, 0.717) is 5.96 Å². The molecule has 5 nitrogen and oxygen atoms in total. The van der Waals surface area contributed by atoms with Crippen molar-refractivity contribution in [2.45, 2.75) is 20.8 Å². The second-order valence-corrected chi connectivity index (χ2v) is 3.67. The summed E-state index contributed by atoms with van der Waals surface area (Å²) >= 11 is 0. The molecular weight excluding hydrogens is 168 g/mol. The van der Waals surface area contributed by atoms with E-state index in [-0.39, 0.29) is 5.91 Å². The number of rotatable bonds is 0. The molecule has 0 fully saturated rings. The van der Waals surface area contributed by atoms with Crippen molar-refractivity contribution < 1.29 is 4.79 Å². The third-order valence-corrected chi connectivity index (χ3v) is 1.39. The van der Waals surface area contributed by atoms with Crippen LogP contribution in [0.15, 0.2) is 16.4 Å². The van der Waals surface area contributed by atoms with E-state index in [2.05, 4.69) is 26.7 Å². The molecule has 0 aromatic heterocycles. The van der Waals surface area contributed by atoms with Crippen molar-refractivity contribution in [3.8, 4) is 0 Å². The van der Waals surface area contributed by atoms with E-state index in [1.807, 2.05) is 20.8 Å². The van der Waals surface area contributed by atoms with E-state index in [9.17, 15) is 4.79 Å². The van der Waals surface area contributed by atoms with Crippen LogP contribution in [-0.2, 0) is 4.79 Å². The maximum absolute atomic E-state index is 11.4. The summed E-state index contributed by atoms with van der Waals surface area (Å²) in [5.41, 5.74) is -0.435. The maximum atomic E-state index is 11.4. The van der Waals surface area contributed by atoms with Gasteiger partial charge in [0.15, 0.2) is 0 Å². The van der Waals surface area contributed by atoms with Gasteiger partial charge < -0.3 is 5.32 Å². The molecule has 1 aliphatic rings. The van der Waals surface area contributed by atoms with Crippen molar-refractivity contribution >= 4 is 17.7 Å². The van der Waals surface area contributed by atoms with Gasteiger partial charge in [0.05, 0.1) is 6.20 Å². The smallest absolute Gasteiger partial charge is 0.232 e. The molecule has 1 amide bonds. The Hall–Kier alpha value is -1.61. The molecule has 0 aromatic rings. The van der Waals surface area contributed by atoms with E-state index in [0.717, 1.165) is 0 Å². The van der Waals surface area contributed by atoms with Gasteiger partial charge in [-0.25, -0.2) is 0 Å². The average Bonchev–Trinajstić information content (AvgIpc) is 2.04. The summed E-state index contributed by atoms with van der Waals surface area (Å²) in [4.78, 5) is 11.4. The van der Waals surface area contributed by atoms with Gasteiger partial charge in [-0.2, -0.15) is 0 Å². The van der Waals surface area contributed by atoms with Crippen molar-refractivity contribution in [3.63, 3.8) is 0 Å². The maximum Gasteiger partial charge on any atom is 0.232 e. The summed E-state index contributed by atoms with van der Waals surface area (Å²) in [6.07, 6.45) is 1.48. The number of carbonyl (C=O) groups excluding carboxylic acids is 1. The first-order valence-corrected chi connectivity index (χ1v) is 3.93. The van der Waals surface area contributed by atoms with Gasteiger partial charge >= 0.3 is 0 Å². The molecule has 1 rings (SSSR count). The summed E-state index contributed by atoms with van der Waals surface area (Å²) in [6.45, 7) is 5.47. The van der Waals surface area contributed by atoms with Gasteiger partial charge in [-0.05, 0) is 0 Å². The molecule has 0 spiro atoms. The van der Waals surface area contributed by atoms with Gasteiger partial charge in [0.2, 0.25) is 11.9 Å². The van der Waals surface area contributed by atoms with Gasteiger partial charge in [0, 0.05) is 11.3 Å². The Balaban J connectivity index is 2.56. The molecular formula is C8H12N4O. The monoisotopic (exact) mass is 180 g/mol. The molecule has 2 N–H and O–H groups in total. The number of nitrogens with one attached hydrogen (secondary N) is 2. The molecule has 0 radical (unpaired) electrons. The normalized spacial score (nSPS) is 14.8. The van der Waals surface area contributed by atoms with Crippen molar-refractivity contribution in [2.75, 3.05) is 0 Å². The summed E-state index contributed by atoms with van der Waals surface area (Å²) in [6, 6.07) is 0. The molecule has 0 saturated heterocycles. The van der Waals surface area contributed by atoms with Crippen LogP contribution < -0.4 is 10.6 Å². The predicted octanol–water partition coefficient (Wildman–Crippen LogP) is 0.206. The Morgan fingerprint density at radius 3 is 2.77 bits per heavy atom. The zero-order valence-corrected chi connectivity index (χ0v) is 7.88. The lowest BCUT2D eigenvalue weighted by molar-refractivity contribution is -0.127. The fourth-order valence-electron chi connectivity index (χ4n) is 0.593. The lowest BCUT2D eigenvalue weighted by atomic mass is 9.96. The molecule has 0 bridgehead atoms. The first-order valence-electron chi connectivity index (χ1n) is 3.93. The zero-order valence-electron chi connectivity index (χ0n) is 7.88. The van der Waals surface area contributed by atoms with Gasteiger partial charge in [0.25, 0.3) is 0 Å². The Kier molecular flexibility index (Phi) is 2.49. The second kappa shape index (κ2) is 3.41. The summed E-state index contributed by atoms with van der Waals surface area (Å²) in [5, 5.41) is 12.4. The van der Waals surface area contributed by atoms with Crippen LogP contribution in [-0.4, -0.2) is 17.7 Å². The largest absolute Gasteiger partial charge is 0.323 e. The van der Waals surface area contributed by atoms with Gasteiger partial charge in [-0.3, -0.25) is 10.1 Å². The lowest BCUT2D eigenvalue weighted by Crippen LogP contribution is -2.44. The minimum atomic E-state index is -0.435. The highest BCUT2D eigenvalue weighted by atomic mass is 16.2. The third kappa shape index (κ3) is 2.72. The minimum absolute atomic E-state index is 0.107. The van der Waals surface area contributed by atoms with Crippen LogP contribution in [0.4, 0.5) is 0 Å². The topological polar surface area (TPSA) is 65.8 Å². The summed E-state index contributed by atoms with van der Waals surface area (Å²) < 4.78 is 0. The highest BCUT2D eigenvalue weighted by Gasteiger charge is 2.22. The molecule has 0 saturated carbocycles. The van der Waals surface area contributed by atoms with Crippen LogP contribution in [0.5, 0.6) is 0 Å². The van der Waals surface area contributed by atoms with E-state index < -0.39 is 5.41 Å². The molecule has 1 heterocycles. The van der Waals surface area contributed by atoms with Crippen LogP contribution in [0.3, 0.4) is 0 Å². The van der Waals surface area contributed by atoms with Crippen molar-refractivity contribution in [1.29, 1.82) is 0 Å². The Morgan fingerprint density at radius 2 is 2.31 bits per heavy atom. The number of carbonyl (C=O) groups is 1. The van der Waals surface area contributed by atoms with E-state index in [1.54, 1.807) is 0 Å². The van der Waals surface area contributed by atoms with E-state index in [4.69, 9.17) is 0 Å². The molecule has 0 aromatic carbocycles. The van der Waals surface area contributed by atoms with Crippen molar-refractivity contribution in [2.24, 2.45) is 15.6 Å². The number of hydrogen-bond donors (Lipinski definition) is 2. The van der Waals surface area contributed by atoms with Crippen molar-refractivity contribution in [3.05, 3.63) is 6.20 Å². The van der Waals surface area contributed by atoms with Crippen LogP contribution in [0, 0.1) is 5.41 Å². The fourth-order valence-corrected chi connectivity index (χ4v) is 0.593. The molecule has 5 heteroatoms. The van der Waals surface area contributed by atoms with Gasteiger partial charge in [0.1, 0.15) is 0 Å². The number of amides is 1.